The molecule has 0 N–H and O–H groups in total. The van der Waals surface area contributed by atoms with Crippen LogP contribution in [0.4, 0.5) is 4.39 Å². The lowest BCUT2D eigenvalue weighted by molar-refractivity contribution is 0.609. The summed E-state index contributed by atoms with van der Waals surface area (Å²) >= 11 is 0. The van der Waals surface area contributed by atoms with Gasteiger partial charge in [-0.15, -0.1) is 0 Å². The molecule has 0 aliphatic rings. The van der Waals surface area contributed by atoms with Crippen molar-refractivity contribution in [2.24, 2.45) is 0 Å². The summed E-state index contributed by atoms with van der Waals surface area (Å²) in [6, 6.07) is 8.68. The van der Waals surface area contributed by atoms with Crippen LogP contribution in [0, 0.1) is 5.82 Å². The maximum Gasteiger partial charge on any atom is 0.262 e. The van der Waals surface area contributed by atoms with Crippen molar-refractivity contribution >= 4 is 19.7 Å². The minimum Gasteiger partial charge on any atom is -0.255 e. The first-order valence-corrected chi connectivity index (χ1v) is 6.94. The normalized spacial score (nSPS) is 11.4. The molecule has 0 radical (unpaired) electrons. The lowest BCUT2D eigenvalue weighted by Gasteiger charge is -2.01. The predicted molar refractivity (Wildman–Crippen MR) is 62.7 cm³/mol. The molecule has 1 aromatic carbocycles. The fraction of sp³-hybridized carbons (Fsp3) is 0. The largest absolute Gasteiger partial charge is 0.262 e. The van der Waals surface area contributed by atoms with Gasteiger partial charge in [0.1, 0.15) is 10.7 Å². The molecule has 0 amide bonds. The van der Waals surface area contributed by atoms with Crippen LogP contribution in [0.3, 0.4) is 0 Å². The average molecular weight is 272 g/mol. The van der Waals surface area contributed by atoms with Crippen LogP contribution in [0.5, 0.6) is 0 Å². The Morgan fingerprint density at radius 2 is 1.94 bits per heavy atom. The number of nitrogens with zero attached hydrogens (tertiary/aromatic N) is 1. The van der Waals surface area contributed by atoms with Crippen LogP contribution in [0.2, 0.25) is 0 Å². The van der Waals surface area contributed by atoms with Gasteiger partial charge in [0.2, 0.25) is 0 Å². The van der Waals surface area contributed by atoms with E-state index in [9.17, 15) is 12.8 Å². The fourth-order valence-corrected chi connectivity index (χ4v) is 2.03. The number of hydrogen-bond acceptors (Lipinski definition) is 3. The van der Waals surface area contributed by atoms with E-state index in [2.05, 4.69) is 4.98 Å². The molecule has 0 atom stereocenters. The Bertz CT molecular complexity index is 641. The molecule has 2 aromatic rings. The molecule has 17 heavy (non-hydrogen) atoms. The molecule has 0 saturated heterocycles. The van der Waals surface area contributed by atoms with Crippen molar-refractivity contribution in [1.29, 1.82) is 0 Å². The van der Waals surface area contributed by atoms with Crippen LogP contribution >= 0.6 is 10.7 Å². The van der Waals surface area contributed by atoms with E-state index in [0.717, 1.165) is 6.20 Å². The number of pyridine rings is 1. The highest BCUT2D eigenvalue weighted by Crippen LogP contribution is 2.20. The first kappa shape index (κ1) is 12.0. The third-order valence-electron chi connectivity index (χ3n) is 2.14. The van der Waals surface area contributed by atoms with Crippen molar-refractivity contribution in [1.82, 2.24) is 4.98 Å². The number of rotatable bonds is 2. The first-order valence-electron chi connectivity index (χ1n) is 4.63. The van der Waals surface area contributed by atoms with Crippen LogP contribution in [0.15, 0.2) is 47.5 Å². The van der Waals surface area contributed by atoms with E-state index >= 15 is 0 Å². The fourth-order valence-electron chi connectivity index (χ4n) is 1.34. The molecule has 0 unspecified atom stereocenters. The smallest absolute Gasteiger partial charge is 0.255 e. The SMILES string of the molecule is O=S(=O)(Cl)c1ccc(-c2cccc(F)c2)nc1. The van der Waals surface area contributed by atoms with E-state index in [-0.39, 0.29) is 10.7 Å². The Kier molecular flexibility index (Phi) is 3.13. The van der Waals surface area contributed by atoms with Crippen molar-refractivity contribution < 1.29 is 12.8 Å². The summed E-state index contributed by atoms with van der Waals surface area (Å²) in [6.07, 6.45) is 1.14. The highest BCUT2D eigenvalue weighted by molar-refractivity contribution is 8.13. The van der Waals surface area contributed by atoms with Crippen molar-refractivity contribution in [2.45, 2.75) is 4.90 Å². The summed E-state index contributed by atoms with van der Waals surface area (Å²) in [6.45, 7) is 0. The molecule has 0 aliphatic carbocycles. The Morgan fingerprint density at radius 1 is 1.18 bits per heavy atom. The molecule has 0 fully saturated rings. The van der Waals surface area contributed by atoms with E-state index in [0.29, 0.717) is 11.3 Å². The average Bonchev–Trinajstić information content (AvgIpc) is 2.28. The van der Waals surface area contributed by atoms with Gasteiger partial charge in [-0.25, -0.2) is 12.8 Å². The third kappa shape index (κ3) is 2.81. The lowest BCUT2D eigenvalue weighted by Crippen LogP contribution is -1.92. The maximum atomic E-state index is 13.0. The third-order valence-corrected chi connectivity index (χ3v) is 3.48. The summed E-state index contributed by atoms with van der Waals surface area (Å²) in [4.78, 5) is 3.84. The summed E-state index contributed by atoms with van der Waals surface area (Å²) in [7, 11) is 1.38. The molecule has 1 aromatic heterocycles. The Hall–Kier alpha value is -1.46. The molecule has 0 spiro atoms. The second-order valence-electron chi connectivity index (χ2n) is 3.33. The molecule has 0 bridgehead atoms. The van der Waals surface area contributed by atoms with E-state index in [1.165, 1.54) is 24.3 Å². The highest BCUT2D eigenvalue weighted by Gasteiger charge is 2.10. The number of aromatic nitrogens is 1. The van der Waals surface area contributed by atoms with Crippen molar-refractivity contribution in [2.75, 3.05) is 0 Å². The minimum absolute atomic E-state index is 0.0840. The monoisotopic (exact) mass is 271 g/mol. The topological polar surface area (TPSA) is 47.0 Å². The van der Waals surface area contributed by atoms with Crippen molar-refractivity contribution in [3.8, 4) is 11.3 Å². The van der Waals surface area contributed by atoms with E-state index in [4.69, 9.17) is 10.7 Å². The van der Waals surface area contributed by atoms with Gasteiger partial charge in [-0.2, -0.15) is 0 Å². The zero-order valence-electron chi connectivity index (χ0n) is 8.47. The molecule has 6 heteroatoms. The van der Waals surface area contributed by atoms with E-state index < -0.39 is 9.05 Å². The molecule has 2 rings (SSSR count). The van der Waals surface area contributed by atoms with Crippen LogP contribution in [0.1, 0.15) is 0 Å². The van der Waals surface area contributed by atoms with Gasteiger partial charge < -0.3 is 0 Å². The summed E-state index contributed by atoms with van der Waals surface area (Å²) in [5, 5.41) is 0. The highest BCUT2D eigenvalue weighted by atomic mass is 35.7. The molecule has 0 aliphatic heterocycles. The first-order chi connectivity index (χ1) is 7.97. The van der Waals surface area contributed by atoms with Gasteiger partial charge in [0.05, 0.1) is 5.69 Å². The van der Waals surface area contributed by atoms with Gasteiger partial charge in [-0.1, -0.05) is 12.1 Å². The predicted octanol–water partition coefficient (Wildman–Crippen LogP) is 2.82. The second-order valence-corrected chi connectivity index (χ2v) is 5.89. The maximum absolute atomic E-state index is 13.0. The van der Waals surface area contributed by atoms with E-state index in [1.54, 1.807) is 12.1 Å². The standard InChI is InChI=1S/C11H7ClFNO2S/c12-17(15,16)10-4-5-11(14-7-10)8-2-1-3-9(13)6-8/h1-7H. The van der Waals surface area contributed by atoms with Crippen LogP contribution < -0.4 is 0 Å². The number of benzene rings is 1. The molecule has 3 nitrogen and oxygen atoms in total. The van der Waals surface area contributed by atoms with Gasteiger partial charge in [0.15, 0.2) is 0 Å². The van der Waals surface area contributed by atoms with Crippen LogP contribution in [-0.2, 0) is 9.05 Å². The molecular formula is C11H7ClFNO2S. The molecule has 1 heterocycles. The number of hydrogen-bond donors (Lipinski definition) is 0. The van der Waals surface area contributed by atoms with Gasteiger partial charge in [0, 0.05) is 22.4 Å². The Morgan fingerprint density at radius 3 is 2.47 bits per heavy atom. The zero-order valence-corrected chi connectivity index (χ0v) is 10.0. The number of halogens is 2. The quantitative estimate of drug-likeness (QED) is 0.789. The van der Waals surface area contributed by atoms with Crippen LogP contribution in [-0.4, -0.2) is 13.4 Å². The van der Waals surface area contributed by atoms with Gasteiger partial charge in [-0.3, -0.25) is 4.98 Å². The van der Waals surface area contributed by atoms with E-state index in [1.807, 2.05) is 0 Å². The molecular weight excluding hydrogens is 265 g/mol. The summed E-state index contributed by atoms with van der Waals surface area (Å²) < 4.78 is 35.0. The van der Waals surface area contributed by atoms with Gasteiger partial charge >= 0.3 is 0 Å². The Labute approximate surface area is 102 Å². The minimum atomic E-state index is -3.77. The molecule has 88 valence electrons. The summed E-state index contributed by atoms with van der Waals surface area (Å²) in [5.74, 6) is -0.377. The lowest BCUT2D eigenvalue weighted by atomic mass is 10.1. The van der Waals surface area contributed by atoms with Crippen LogP contribution in [0.25, 0.3) is 11.3 Å². The molecule has 0 saturated carbocycles. The second kappa shape index (κ2) is 4.43. The zero-order chi connectivity index (χ0) is 12.5. The Balaban J connectivity index is 2.43. The van der Waals surface area contributed by atoms with Crippen molar-refractivity contribution in [3.63, 3.8) is 0 Å². The summed E-state index contributed by atoms with van der Waals surface area (Å²) in [5.41, 5.74) is 1.05. The van der Waals surface area contributed by atoms with Crippen molar-refractivity contribution in [3.05, 3.63) is 48.4 Å². The van der Waals surface area contributed by atoms with Gasteiger partial charge in [0.25, 0.3) is 9.05 Å². The van der Waals surface area contributed by atoms with Gasteiger partial charge in [-0.05, 0) is 24.3 Å².